The van der Waals surface area contributed by atoms with Gasteiger partial charge in [0.2, 0.25) is 0 Å². The van der Waals surface area contributed by atoms with Crippen molar-refractivity contribution in [3.8, 4) is 0 Å². The van der Waals surface area contributed by atoms with Crippen LogP contribution in [0, 0.1) is 0 Å². The van der Waals surface area contributed by atoms with Gasteiger partial charge in [-0.05, 0) is 59.7 Å². The summed E-state index contributed by atoms with van der Waals surface area (Å²) < 4.78 is 0. The van der Waals surface area contributed by atoms with Crippen molar-refractivity contribution in [2.75, 3.05) is 11.5 Å². The Bertz CT molecular complexity index is 1210. The fraction of sp³-hybridized carbons (Fsp3) is 0.0800. The third-order valence-corrected chi connectivity index (χ3v) is 6.06. The number of ketones is 1. The fourth-order valence-corrected chi connectivity index (χ4v) is 4.56. The molecule has 0 N–H and O–H groups in total. The summed E-state index contributed by atoms with van der Waals surface area (Å²) in [5.41, 5.74) is 5.69. The average Bonchev–Trinajstić information content (AvgIpc) is 2.76. The van der Waals surface area contributed by atoms with Crippen LogP contribution in [0.2, 0.25) is 0 Å². The highest BCUT2D eigenvalue weighted by molar-refractivity contribution is 7.99. The Balaban J connectivity index is 1.47. The van der Waals surface area contributed by atoms with Gasteiger partial charge in [-0.15, -0.1) is 0 Å². The average molecular weight is 394 g/mol. The first kappa shape index (κ1) is 17.8. The maximum atomic E-state index is 13.1. The van der Waals surface area contributed by atoms with Crippen molar-refractivity contribution in [2.45, 2.75) is 0 Å². The lowest BCUT2D eigenvalue weighted by Gasteiger charge is -2.16. The summed E-state index contributed by atoms with van der Waals surface area (Å²) in [4.78, 5) is 21.8. The first-order valence-corrected chi connectivity index (χ1v) is 10.6. The van der Waals surface area contributed by atoms with Gasteiger partial charge in [0.15, 0.2) is 5.78 Å². The number of benzene rings is 2. The largest absolute Gasteiger partial charge is 0.289 e. The smallest absolute Gasteiger partial charge is 0.186 e. The van der Waals surface area contributed by atoms with Crippen LogP contribution in [0.5, 0.6) is 0 Å². The number of hydrogen-bond donors (Lipinski definition) is 0. The summed E-state index contributed by atoms with van der Waals surface area (Å²) in [6, 6.07) is 20.2. The Hall–Kier alpha value is -3.24. The van der Waals surface area contributed by atoms with Crippen molar-refractivity contribution >= 4 is 51.5 Å². The monoisotopic (exact) mass is 394 g/mol. The van der Waals surface area contributed by atoms with E-state index in [0.717, 1.165) is 55.6 Å². The molecule has 4 heteroatoms. The standard InChI is InChI=1S/C25H18N2OS/c28-25-21(13-17-5-7-23-19(11-17)3-1-9-26-23)15-29-16-22(25)14-18-6-8-24-20(12-18)4-2-10-27-24/h1-14H,15-16H2/b21-13-,22-14+. The van der Waals surface area contributed by atoms with Gasteiger partial charge in [0.1, 0.15) is 0 Å². The second-order valence-corrected chi connectivity index (χ2v) is 8.06. The molecule has 29 heavy (non-hydrogen) atoms. The lowest BCUT2D eigenvalue weighted by molar-refractivity contribution is -0.112. The Morgan fingerprint density at radius 2 is 1.24 bits per heavy atom. The van der Waals surface area contributed by atoms with Crippen LogP contribution in [0.25, 0.3) is 34.0 Å². The molecule has 0 aliphatic carbocycles. The molecule has 0 atom stereocenters. The zero-order valence-electron chi connectivity index (χ0n) is 15.7. The van der Waals surface area contributed by atoms with E-state index in [9.17, 15) is 4.79 Å². The van der Waals surface area contributed by atoms with E-state index in [1.807, 2.05) is 60.7 Å². The highest BCUT2D eigenvalue weighted by Crippen LogP contribution is 2.28. The topological polar surface area (TPSA) is 42.9 Å². The molecule has 1 aliphatic rings. The molecule has 0 spiro atoms. The Kier molecular flexibility index (Phi) is 4.70. The summed E-state index contributed by atoms with van der Waals surface area (Å²) in [6.45, 7) is 0. The van der Waals surface area contributed by atoms with Crippen LogP contribution in [0.1, 0.15) is 11.1 Å². The molecule has 0 unspecified atom stereocenters. The van der Waals surface area contributed by atoms with Crippen molar-refractivity contribution in [3.05, 3.63) is 95.3 Å². The summed E-state index contributed by atoms with van der Waals surface area (Å²) in [5, 5.41) is 2.16. The minimum absolute atomic E-state index is 0.140. The van der Waals surface area contributed by atoms with Crippen LogP contribution in [0.3, 0.4) is 0 Å². The van der Waals surface area contributed by atoms with Crippen molar-refractivity contribution in [2.24, 2.45) is 0 Å². The van der Waals surface area contributed by atoms with Crippen molar-refractivity contribution < 1.29 is 4.79 Å². The molecule has 1 aliphatic heterocycles. The van der Waals surface area contributed by atoms with Crippen molar-refractivity contribution in [1.82, 2.24) is 9.97 Å². The molecule has 0 saturated carbocycles. The van der Waals surface area contributed by atoms with E-state index in [2.05, 4.69) is 22.1 Å². The van der Waals surface area contributed by atoms with Crippen LogP contribution in [-0.4, -0.2) is 27.3 Å². The summed E-state index contributed by atoms with van der Waals surface area (Å²) in [5.74, 6) is 1.62. The van der Waals surface area contributed by atoms with Crippen LogP contribution in [0.15, 0.2) is 84.2 Å². The van der Waals surface area contributed by atoms with E-state index in [0.29, 0.717) is 0 Å². The summed E-state index contributed by atoms with van der Waals surface area (Å²) in [6.07, 6.45) is 7.61. The Morgan fingerprint density at radius 1 is 0.724 bits per heavy atom. The van der Waals surface area contributed by atoms with E-state index < -0.39 is 0 Å². The molecule has 2 aromatic heterocycles. The molecular formula is C25H18N2OS. The minimum atomic E-state index is 0.140. The number of Topliss-reactive ketones (excluding diaryl/α,β-unsaturated/α-hetero) is 1. The van der Waals surface area contributed by atoms with E-state index >= 15 is 0 Å². The molecule has 0 bridgehead atoms. The number of rotatable bonds is 2. The van der Waals surface area contributed by atoms with E-state index in [1.54, 1.807) is 24.2 Å². The SMILES string of the molecule is O=C1/C(=C/c2ccc3ncccc3c2)CSC/C1=C/c1ccc2ncccc2c1. The number of fused-ring (bicyclic) bond motifs is 2. The van der Waals surface area contributed by atoms with Gasteiger partial charge in [0, 0.05) is 45.8 Å². The zero-order chi connectivity index (χ0) is 19.6. The third-order valence-electron chi connectivity index (χ3n) is 5.03. The Labute approximate surface area is 173 Å². The maximum absolute atomic E-state index is 13.1. The normalized spacial score (nSPS) is 17.4. The summed E-state index contributed by atoms with van der Waals surface area (Å²) in [7, 11) is 0. The van der Waals surface area contributed by atoms with Gasteiger partial charge in [-0.3, -0.25) is 14.8 Å². The first-order valence-electron chi connectivity index (χ1n) is 9.49. The lowest BCUT2D eigenvalue weighted by atomic mass is 9.99. The predicted molar refractivity (Wildman–Crippen MR) is 122 cm³/mol. The predicted octanol–water partition coefficient (Wildman–Crippen LogP) is 5.57. The molecule has 0 amide bonds. The van der Waals surface area contributed by atoms with Gasteiger partial charge in [0.05, 0.1) is 11.0 Å². The molecule has 4 aromatic rings. The van der Waals surface area contributed by atoms with Gasteiger partial charge in [-0.1, -0.05) is 24.3 Å². The van der Waals surface area contributed by atoms with E-state index in [1.165, 1.54) is 0 Å². The molecule has 3 heterocycles. The highest BCUT2D eigenvalue weighted by Gasteiger charge is 2.21. The first-order chi connectivity index (χ1) is 14.3. The van der Waals surface area contributed by atoms with E-state index in [4.69, 9.17) is 0 Å². The van der Waals surface area contributed by atoms with Crippen molar-refractivity contribution in [3.63, 3.8) is 0 Å². The van der Waals surface area contributed by atoms with Crippen molar-refractivity contribution in [1.29, 1.82) is 0 Å². The second kappa shape index (κ2) is 7.64. The van der Waals surface area contributed by atoms with Gasteiger partial charge in [-0.25, -0.2) is 0 Å². The number of carbonyl (C=O) groups excluding carboxylic acids is 1. The van der Waals surface area contributed by atoms with Gasteiger partial charge in [0.25, 0.3) is 0 Å². The van der Waals surface area contributed by atoms with Gasteiger partial charge in [-0.2, -0.15) is 11.8 Å². The number of pyridine rings is 2. The number of carbonyl (C=O) groups is 1. The minimum Gasteiger partial charge on any atom is -0.289 e. The third kappa shape index (κ3) is 3.71. The number of aromatic nitrogens is 2. The molecule has 1 saturated heterocycles. The molecule has 1 fully saturated rings. The lowest BCUT2D eigenvalue weighted by Crippen LogP contribution is -2.16. The van der Waals surface area contributed by atoms with Crippen LogP contribution in [-0.2, 0) is 4.79 Å². The summed E-state index contributed by atoms with van der Waals surface area (Å²) >= 11 is 1.78. The molecule has 0 radical (unpaired) electrons. The van der Waals surface area contributed by atoms with Crippen LogP contribution >= 0.6 is 11.8 Å². The fourth-order valence-electron chi connectivity index (χ4n) is 3.59. The van der Waals surface area contributed by atoms with E-state index in [-0.39, 0.29) is 5.78 Å². The molecular weight excluding hydrogens is 376 g/mol. The number of hydrogen-bond acceptors (Lipinski definition) is 4. The Morgan fingerprint density at radius 3 is 1.76 bits per heavy atom. The molecule has 5 rings (SSSR count). The van der Waals surface area contributed by atoms with Gasteiger partial charge >= 0.3 is 0 Å². The molecule has 3 nitrogen and oxygen atoms in total. The maximum Gasteiger partial charge on any atom is 0.186 e. The van der Waals surface area contributed by atoms with Gasteiger partial charge < -0.3 is 0 Å². The second-order valence-electron chi connectivity index (χ2n) is 7.07. The highest BCUT2D eigenvalue weighted by atomic mass is 32.2. The van der Waals surface area contributed by atoms with Crippen LogP contribution < -0.4 is 0 Å². The number of thioether (sulfide) groups is 1. The zero-order valence-corrected chi connectivity index (χ0v) is 16.5. The quantitative estimate of drug-likeness (QED) is 0.417. The van der Waals surface area contributed by atoms with Crippen LogP contribution in [0.4, 0.5) is 0 Å². The molecule has 140 valence electrons. The number of nitrogens with zero attached hydrogens (tertiary/aromatic N) is 2. The molecule has 2 aromatic carbocycles.